The maximum atomic E-state index is 6.03. The lowest BCUT2D eigenvalue weighted by Gasteiger charge is -2.20. The molecule has 1 aliphatic rings. The fraction of sp³-hybridized carbons (Fsp3) is 0.421. The van der Waals surface area contributed by atoms with E-state index in [4.69, 9.17) is 9.15 Å². The summed E-state index contributed by atoms with van der Waals surface area (Å²) in [5.74, 6) is 0.960. The molecule has 0 aliphatic carbocycles. The smallest absolute Gasteiger partial charge is 0.134 e. The van der Waals surface area contributed by atoms with Crippen LogP contribution in [-0.2, 0) is 18.3 Å². The third kappa shape index (κ3) is 2.64. The lowest BCUT2D eigenvalue weighted by molar-refractivity contribution is 0.0971. The number of aromatic nitrogens is 2. The highest BCUT2D eigenvalue weighted by Crippen LogP contribution is 2.33. The van der Waals surface area contributed by atoms with Crippen molar-refractivity contribution in [2.75, 3.05) is 6.61 Å². The van der Waals surface area contributed by atoms with Gasteiger partial charge < -0.3 is 14.5 Å². The van der Waals surface area contributed by atoms with Gasteiger partial charge >= 0.3 is 0 Å². The zero-order chi connectivity index (χ0) is 16.7. The summed E-state index contributed by atoms with van der Waals surface area (Å²) < 4.78 is 13.9. The van der Waals surface area contributed by atoms with Gasteiger partial charge in [0.25, 0.3) is 0 Å². The molecule has 1 aromatic carbocycles. The molecule has 2 atom stereocenters. The van der Waals surface area contributed by atoms with E-state index in [-0.39, 0.29) is 12.1 Å². The Morgan fingerprint density at radius 1 is 1.29 bits per heavy atom. The molecule has 5 heteroatoms. The van der Waals surface area contributed by atoms with Crippen LogP contribution < -0.4 is 5.32 Å². The number of nitrogens with one attached hydrogen (secondary N) is 1. The van der Waals surface area contributed by atoms with Crippen LogP contribution in [0, 0.1) is 13.8 Å². The Balaban J connectivity index is 1.51. The Hall–Kier alpha value is -2.11. The fourth-order valence-electron chi connectivity index (χ4n) is 3.64. The number of para-hydroxylation sites is 1. The Bertz CT molecular complexity index is 832. The first-order chi connectivity index (χ1) is 11.6. The highest BCUT2D eigenvalue weighted by molar-refractivity contribution is 5.77. The first-order valence-electron chi connectivity index (χ1n) is 8.46. The van der Waals surface area contributed by atoms with Crippen molar-refractivity contribution in [1.82, 2.24) is 15.1 Å². The SMILES string of the molecule is Cc1nn(C)c(C)c1[C@H]1OCC[C@@H]1NCc1cc2ccccc2o1. The van der Waals surface area contributed by atoms with Gasteiger partial charge in [0.05, 0.1) is 12.2 Å². The monoisotopic (exact) mass is 325 g/mol. The van der Waals surface area contributed by atoms with Crippen LogP contribution in [0.3, 0.4) is 0 Å². The summed E-state index contributed by atoms with van der Waals surface area (Å²) in [4.78, 5) is 0. The Morgan fingerprint density at radius 3 is 2.88 bits per heavy atom. The van der Waals surface area contributed by atoms with Gasteiger partial charge in [0.2, 0.25) is 0 Å². The van der Waals surface area contributed by atoms with E-state index in [0.29, 0.717) is 6.54 Å². The van der Waals surface area contributed by atoms with E-state index in [1.54, 1.807) is 0 Å². The van der Waals surface area contributed by atoms with E-state index in [2.05, 4.69) is 36.4 Å². The number of ether oxygens (including phenoxy) is 1. The van der Waals surface area contributed by atoms with Gasteiger partial charge in [-0.25, -0.2) is 0 Å². The van der Waals surface area contributed by atoms with E-state index >= 15 is 0 Å². The number of rotatable bonds is 4. The van der Waals surface area contributed by atoms with Crippen LogP contribution in [0.15, 0.2) is 34.7 Å². The highest BCUT2D eigenvalue weighted by atomic mass is 16.5. The van der Waals surface area contributed by atoms with Gasteiger partial charge in [0.15, 0.2) is 0 Å². The summed E-state index contributed by atoms with van der Waals surface area (Å²) in [6, 6.07) is 10.5. The molecule has 1 N–H and O–H groups in total. The molecule has 1 saturated heterocycles. The summed E-state index contributed by atoms with van der Waals surface area (Å²) in [6.45, 7) is 5.64. The number of furan rings is 1. The standard InChI is InChI=1S/C19H23N3O2/c1-12-18(13(2)22(3)21-12)19-16(8-9-23-19)20-11-15-10-14-6-4-5-7-17(14)24-15/h4-7,10,16,19-20H,8-9,11H2,1-3H3/t16-,19-/m0/s1. The normalized spacial score (nSPS) is 21.0. The maximum absolute atomic E-state index is 6.03. The molecule has 4 rings (SSSR count). The highest BCUT2D eigenvalue weighted by Gasteiger charge is 2.33. The van der Waals surface area contributed by atoms with Crippen LogP contribution in [0.4, 0.5) is 0 Å². The molecule has 24 heavy (non-hydrogen) atoms. The molecule has 126 valence electrons. The third-order valence-corrected chi connectivity index (χ3v) is 4.96. The minimum Gasteiger partial charge on any atom is -0.460 e. The summed E-state index contributed by atoms with van der Waals surface area (Å²) in [7, 11) is 1.98. The zero-order valence-electron chi connectivity index (χ0n) is 14.4. The molecule has 1 fully saturated rings. The van der Waals surface area contributed by atoms with Crippen molar-refractivity contribution in [3.63, 3.8) is 0 Å². The average molecular weight is 325 g/mol. The molecule has 1 aliphatic heterocycles. The quantitative estimate of drug-likeness (QED) is 0.799. The summed E-state index contributed by atoms with van der Waals surface area (Å²) >= 11 is 0. The summed E-state index contributed by atoms with van der Waals surface area (Å²) in [5.41, 5.74) is 4.39. The lowest BCUT2D eigenvalue weighted by atomic mass is 10.0. The van der Waals surface area contributed by atoms with Crippen LogP contribution in [0.5, 0.6) is 0 Å². The number of fused-ring (bicyclic) bond motifs is 1. The van der Waals surface area contributed by atoms with Crippen molar-refractivity contribution in [3.05, 3.63) is 53.0 Å². The van der Waals surface area contributed by atoms with E-state index in [0.717, 1.165) is 35.5 Å². The fourth-order valence-corrected chi connectivity index (χ4v) is 3.64. The minimum absolute atomic E-state index is 0.0584. The van der Waals surface area contributed by atoms with Gasteiger partial charge in [-0.1, -0.05) is 18.2 Å². The molecule has 0 radical (unpaired) electrons. The van der Waals surface area contributed by atoms with Gasteiger partial charge in [-0.15, -0.1) is 0 Å². The number of nitrogens with zero attached hydrogens (tertiary/aromatic N) is 2. The van der Waals surface area contributed by atoms with E-state index in [9.17, 15) is 0 Å². The van der Waals surface area contributed by atoms with Crippen molar-refractivity contribution in [1.29, 1.82) is 0 Å². The van der Waals surface area contributed by atoms with Crippen molar-refractivity contribution in [3.8, 4) is 0 Å². The van der Waals surface area contributed by atoms with Gasteiger partial charge in [-0.05, 0) is 32.4 Å². The van der Waals surface area contributed by atoms with Crippen LogP contribution in [0.1, 0.15) is 35.2 Å². The van der Waals surface area contributed by atoms with E-state index in [1.807, 2.05) is 29.9 Å². The molecular formula is C19H23N3O2. The number of aryl methyl sites for hydroxylation is 2. The van der Waals surface area contributed by atoms with Crippen LogP contribution in [0.25, 0.3) is 11.0 Å². The molecule has 0 unspecified atom stereocenters. The first-order valence-corrected chi connectivity index (χ1v) is 8.46. The summed E-state index contributed by atoms with van der Waals surface area (Å²) in [6.07, 6.45) is 1.06. The van der Waals surface area contributed by atoms with Gasteiger partial charge in [0.1, 0.15) is 17.4 Å². The largest absolute Gasteiger partial charge is 0.460 e. The molecule has 5 nitrogen and oxygen atoms in total. The second-order valence-corrected chi connectivity index (χ2v) is 6.53. The van der Waals surface area contributed by atoms with E-state index < -0.39 is 0 Å². The predicted molar refractivity (Wildman–Crippen MR) is 92.8 cm³/mol. The van der Waals surface area contributed by atoms with Crippen LogP contribution >= 0.6 is 0 Å². The molecule has 0 amide bonds. The second kappa shape index (κ2) is 6.07. The molecular weight excluding hydrogens is 302 g/mol. The van der Waals surface area contributed by atoms with Crippen molar-refractivity contribution in [2.45, 2.75) is 39.0 Å². The van der Waals surface area contributed by atoms with Gasteiger partial charge in [-0.3, -0.25) is 4.68 Å². The number of benzene rings is 1. The Kier molecular flexibility index (Phi) is 3.90. The number of hydrogen-bond donors (Lipinski definition) is 1. The van der Waals surface area contributed by atoms with E-state index in [1.165, 1.54) is 11.3 Å². The van der Waals surface area contributed by atoms with Crippen molar-refractivity contribution < 1.29 is 9.15 Å². The summed E-state index contributed by atoms with van der Waals surface area (Å²) in [5, 5.41) is 9.29. The predicted octanol–water partition coefficient (Wildman–Crippen LogP) is 3.40. The lowest BCUT2D eigenvalue weighted by Crippen LogP contribution is -2.31. The Labute approximate surface area is 141 Å². The molecule has 0 bridgehead atoms. The third-order valence-electron chi connectivity index (χ3n) is 4.96. The maximum Gasteiger partial charge on any atom is 0.134 e. The second-order valence-electron chi connectivity index (χ2n) is 6.53. The molecule has 3 aromatic rings. The van der Waals surface area contributed by atoms with Gasteiger partial charge in [-0.2, -0.15) is 5.10 Å². The Morgan fingerprint density at radius 2 is 2.12 bits per heavy atom. The van der Waals surface area contributed by atoms with Crippen molar-refractivity contribution in [2.24, 2.45) is 7.05 Å². The molecule has 3 heterocycles. The average Bonchev–Trinajstić information content (AvgIpc) is 3.24. The molecule has 2 aromatic heterocycles. The minimum atomic E-state index is 0.0584. The van der Waals surface area contributed by atoms with Gasteiger partial charge in [0, 0.05) is 36.3 Å². The van der Waals surface area contributed by atoms with Crippen molar-refractivity contribution >= 4 is 11.0 Å². The number of hydrogen-bond acceptors (Lipinski definition) is 4. The topological polar surface area (TPSA) is 52.2 Å². The zero-order valence-corrected chi connectivity index (χ0v) is 14.4. The van der Waals surface area contributed by atoms with Crippen LogP contribution in [-0.4, -0.2) is 22.4 Å². The van der Waals surface area contributed by atoms with Crippen LogP contribution in [0.2, 0.25) is 0 Å². The molecule has 0 saturated carbocycles. The molecule has 0 spiro atoms. The first kappa shape index (κ1) is 15.4.